The highest BCUT2D eigenvalue weighted by atomic mass is 35.5. The standard InChI is InChI=1S/C12H10ClNOS/c1-7-6-10(12(14)16-7)11(15)8-2-4-9(13)5-3-8/h2-6H,14H2,1H3. The molecule has 0 aliphatic heterocycles. The van der Waals surface area contributed by atoms with Crippen molar-refractivity contribution in [2.45, 2.75) is 6.92 Å². The second-order valence-electron chi connectivity index (χ2n) is 3.47. The molecule has 0 saturated carbocycles. The van der Waals surface area contributed by atoms with E-state index in [-0.39, 0.29) is 5.78 Å². The molecule has 0 unspecified atom stereocenters. The zero-order chi connectivity index (χ0) is 11.7. The molecule has 2 rings (SSSR count). The van der Waals surface area contributed by atoms with Crippen LogP contribution in [-0.2, 0) is 0 Å². The number of carbonyl (C=O) groups is 1. The number of anilines is 1. The lowest BCUT2D eigenvalue weighted by Gasteiger charge is -1.99. The van der Waals surface area contributed by atoms with Gasteiger partial charge in [0.05, 0.1) is 10.6 Å². The molecular formula is C12H10ClNOS. The number of aryl methyl sites for hydroxylation is 1. The van der Waals surface area contributed by atoms with Gasteiger partial charge >= 0.3 is 0 Å². The number of ketones is 1. The number of carbonyl (C=O) groups excluding carboxylic acids is 1. The van der Waals surface area contributed by atoms with Crippen LogP contribution < -0.4 is 5.73 Å². The maximum absolute atomic E-state index is 12.1. The number of nitrogens with two attached hydrogens (primary N) is 1. The third-order valence-corrected chi connectivity index (χ3v) is 3.37. The Hall–Kier alpha value is -1.32. The zero-order valence-corrected chi connectivity index (χ0v) is 10.2. The van der Waals surface area contributed by atoms with E-state index in [0.717, 1.165) is 4.88 Å². The van der Waals surface area contributed by atoms with E-state index in [2.05, 4.69) is 0 Å². The quantitative estimate of drug-likeness (QED) is 0.830. The molecule has 16 heavy (non-hydrogen) atoms. The highest BCUT2D eigenvalue weighted by molar-refractivity contribution is 7.16. The van der Waals surface area contributed by atoms with Crippen LogP contribution in [0.1, 0.15) is 20.8 Å². The van der Waals surface area contributed by atoms with Gasteiger partial charge in [-0.2, -0.15) is 0 Å². The van der Waals surface area contributed by atoms with Crippen molar-refractivity contribution >= 4 is 33.7 Å². The highest BCUT2D eigenvalue weighted by Gasteiger charge is 2.14. The van der Waals surface area contributed by atoms with Gasteiger partial charge in [-0.1, -0.05) is 11.6 Å². The molecule has 0 fully saturated rings. The fourth-order valence-electron chi connectivity index (χ4n) is 1.47. The lowest BCUT2D eigenvalue weighted by Crippen LogP contribution is -2.02. The van der Waals surface area contributed by atoms with E-state index in [1.54, 1.807) is 24.3 Å². The van der Waals surface area contributed by atoms with Crippen LogP contribution in [0.5, 0.6) is 0 Å². The van der Waals surface area contributed by atoms with Crippen molar-refractivity contribution in [2.24, 2.45) is 0 Å². The predicted molar refractivity (Wildman–Crippen MR) is 68.4 cm³/mol. The van der Waals surface area contributed by atoms with Crippen molar-refractivity contribution in [3.8, 4) is 0 Å². The van der Waals surface area contributed by atoms with Crippen LogP contribution in [-0.4, -0.2) is 5.78 Å². The van der Waals surface area contributed by atoms with Gasteiger partial charge in [0.1, 0.15) is 0 Å². The number of hydrogen-bond donors (Lipinski definition) is 1. The Morgan fingerprint density at radius 3 is 2.44 bits per heavy atom. The molecule has 82 valence electrons. The molecule has 0 atom stereocenters. The summed E-state index contributed by atoms with van der Waals surface area (Å²) in [4.78, 5) is 13.1. The summed E-state index contributed by atoms with van der Waals surface area (Å²) in [5, 5.41) is 1.18. The summed E-state index contributed by atoms with van der Waals surface area (Å²) in [6.45, 7) is 1.93. The van der Waals surface area contributed by atoms with E-state index in [0.29, 0.717) is 21.2 Å². The molecule has 1 aromatic heterocycles. The monoisotopic (exact) mass is 251 g/mol. The van der Waals surface area contributed by atoms with E-state index in [4.69, 9.17) is 17.3 Å². The lowest BCUT2D eigenvalue weighted by molar-refractivity contribution is 0.104. The van der Waals surface area contributed by atoms with Crippen molar-refractivity contribution in [3.05, 3.63) is 51.4 Å². The molecule has 2 N–H and O–H groups in total. The fourth-order valence-corrected chi connectivity index (χ4v) is 2.38. The molecule has 0 spiro atoms. The minimum absolute atomic E-state index is 0.0569. The van der Waals surface area contributed by atoms with Crippen LogP contribution in [0.4, 0.5) is 5.00 Å². The van der Waals surface area contributed by atoms with Gasteiger partial charge in [-0.25, -0.2) is 0 Å². The summed E-state index contributed by atoms with van der Waals surface area (Å²) in [6, 6.07) is 8.62. The van der Waals surface area contributed by atoms with Gasteiger partial charge in [0.15, 0.2) is 5.78 Å². The summed E-state index contributed by atoms with van der Waals surface area (Å²) in [5.74, 6) is -0.0569. The van der Waals surface area contributed by atoms with Gasteiger partial charge in [-0.15, -0.1) is 11.3 Å². The second kappa shape index (κ2) is 4.28. The summed E-state index contributed by atoms with van der Waals surface area (Å²) < 4.78 is 0. The molecule has 1 heterocycles. The third kappa shape index (κ3) is 2.10. The normalized spacial score (nSPS) is 10.4. The fraction of sp³-hybridized carbons (Fsp3) is 0.0833. The van der Waals surface area contributed by atoms with Crippen molar-refractivity contribution < 1.29 is 4.79 Å². The number of nitrogen functional groups attached to an aromatic ring is 1. The molecule has 1 aromatic carbocycles. The number of benzene rings is 1. The van der Waals surface area contributed by atoms with Crippen LogP contribution in [0.25, 0.3) is 0 Å². The van der Waals surface area contributed by atoms with Crippen molar-refractivity contribution in [2.75, 3.05) is 5.73 Å². The lowest BCUT2D eigenvalue weighted by atomic mass is 10.1. The Morgan fingerprint density at radius 2 is 1.94 bits per heavy atom. The first-order chi connectivity index (χ1) is 7.58. The molecule has 2 aromatic rings. The van der Waals surface area contributed by atoms with E-state index < -0.39 is 0 Å². The molecule has 0 amide bonds. The number of halogens is 1. The van der Waals surface area contributed by atoms with Gasteiger partial charge in [0.2, 0.25) is 0 Å². The van der Waals surface area contributed by atoms with E-state index in [1.165, 1.54) is 11.3 Å². The number of rotatable bonds is 2. The van der Waals surface area contributed by atoms with E-state index in [9.17, 15) is 4.79 Å². The summed E-state index contributed by atoms with van der Waals surface area (Å²) in [6.07, 6.45) is 0. The second-order valence-corrected chi connectivity index (χ2v) is 5.20. The molecular weight excluding hydrogens is 242 g/mol. The van der Waals surface area contributed by atoms with Gasteiger partial charge in [0.25, 0.3) is 0 Å². The van der Waals surface area contributed by atoms with Gasteiger partial charge in [-0.3, -0.25) is 4.79 Å². The third-order valence-electron chi connectivity index (χ3n) is 2.24. The Labute approximate surface area is 103 Å². The van der Waals surface area contributed by atoms with Gasteiger partial charge in [-0.05, 0) is 37.3 Å². The molecule has 0 radical (unpaired) electrons. The molecule has 0 aliphatic carbocycles. The zero-order valence-electron chi connectivity index (χ0n) is 8.66. The van der Waals surface area contributed by atoms with Crippen LogP contribution in [0.3, 0.4) is 0 Å². The predicted octanol–water partition coefficient (Wildman–Crippen LogP) is 3.52. The molecule has 0 saturated heterocycles. The Morgan fingerprint density at radius 1 is 1.31 bits per heavy atom. The van der Waals surface area contributed by atoms with Crippen LogP contribution >= 0.6 is 22.9 Å². The van der Waals surface area contributed by atoms with Crippen LogP contribution in [0.15, 0.2) is 30.3 Å². The smallest absolute Gasteiger partial charge is 0.195 e. The number of thiophene rings is 1. The first-order valence-electron chi connectivity index (χ1n) is 4.74. The average Bonchev–Trinajstić information content (AvgIpc) is 2.58. The molecule has 4 heteroatoms. The van der Waals surface area contributed by atoms with Crippen molar-refractivity contribution in [1.29, 1.82) is 0 Å². The highest BCUT2D eigenvalue weighted by Crippen LogP contribution is 2.26. The topological polar surface area (TPSA) is 43.1 Å². The molecule has 2 nitrogen and oxygen atoms in total. The summed E-state index contributed by atoms with van der Waals surface area (Å²) >= 11 is 7.19. The minimum atomic E-state index is -0.0569. The van der Waals surface area contributed by atoms with Crippen molar-refractivity contribution in [3.63, 3.8) is 0 Å². The van der Waals surface area contributed by atoms with Crippen LogP contribution in [0.2, 0.25) is 5.02 Å². The SMILES string of the molecule is Cc1cc(C(=O)c2ccc(Cl)cc2)c(N)s1. The Bertz CT molecular complexity index is 530. The number of hydrogen-bond acceptors (Lipinski definition) is 3. The first-order valence-corrected chi connectivity index (χ1v) is 5.93. The van der Waals surface area contributed by atoms with E-state index >= 15 is 0 Å². The Balaban J connectivity index is 2.39. The summed E-state index contributed by atoms with van der Waals surface area (Å²) in [7, 11) is 0. The molecule has 0 aliphatic rings. The van der Waals surface area contributed by atoms with Gasteiger partial charge < -0.3 is 5.73 Å². The van der Waals surface area contributed by atoms with E-state index in [1.807, 2.05) is 13.0 Å². The Kier molecular flexibility index (Phi) is 2.99. The maximum atomic E-state index is 12.1. The molecule has 0 bridgehead atoms. The van der Waals surface area contributed by atoms with Gasteiger partial charge in [0, 0.05) is 15.5 Å². The minimum Gasteiger partial charge on any atom is -0.390 e. The summed E-state index contributed by atoms with van der Waals surface area (Å²) in [5.41, 5.74) is 6.96. The van der Waals surface area contributed by atoms with Crippen molar-refractivity contribution in [1.82, 2.24) is 0 Å². The van der Waals surface area contributed by atoms with Crippen LogP contribution in [0, 0.1) is 6.92 Å². The first kappa shape index (κ1) is 11.2. The largest absolute Gasteiger partial charge is 0.390 e. The maximum Gasteiger partial charge on any atom is 0.195 e. The average molecular weight is 252 g/mol.